The lowest BCUT2D eigenvalue weighted by Crippen LogP contribution is -2.47. The first-order chi connectivity index (χ1) is 13.9. The van der Waals surface area contributed by atoms with Crippen LogP contribution in [-0.2, 0) is 16.1 Å². The molecule has 0 bridgehead atoms. The zero-order chi connectivity index (χ0) is 21.2. The minimum Gasteiger partial charge on any atom is -0.354 e. The molecule has 2 aromatic carbocycles. The van der Waals surface area contributed by atoms with Gasteiger partial charge in [0.05, 0.1) is 0 Å². The van der Waals surface area contributed by atoms with E-state index in [1.165, 1.54) is 5.56 Å². The molecular weight excluding hydrogens is 404 g/mol. The summed E-state index contributed by atoms with van der Waals surface area (Å²) in [5.74, 6) is 0.515. The fraction of sp³-hybridized carbons (Fsp3) is 0.391. The predicted molar refractivity (Wildman–Crippen MR) is 121 cm³/mol. The molecule has 2 aromatic rings. The normalized spacial score (nSPS) is 11.7. The molecule has 1 N–H and O–H groups in total. The molecule has 0 radical (unpaired) electrons. The molecule has 6 heteroatoms. The Morgan fingerprint density at radius 2 is 1.76 bits per heavy atom. The van der Waals surface area contributed by atoms with Crippen molar-refractivity contribution < 1.29 is 9.59 Å². The van der Waals surface area contributed by atoms with Crippen molar-refractivity contribution in [3.05, 3.63) is 64.7 Å². The number of nitrogens with one attached hydrogen (secondary N) is 1. The van der Waals surface area contributed by atoms with Gasteiger partial charge in [-0.15, -0.1) is 11.8 Å². The van der Waals surface area contributed by atoms with E-state index in [0.717, 1.165) is 16.9 Å². The van der Waals surface area contributed by atoms with Gasteiger partial charge in [0.25, 0.3) is 0 Å². The van der Waals surface area contributed by atoms with Gasteiger partial charge in [0.1, 0.15) is 6.04 Å². The highest BCUT2D eigenvalue weighted by molar-refractivity contribution is 7.99. The summed E-state index contributed by atoms with van der Waals surface area (Å²) >= 11 is 7.62. The van der Waals surface area contributed by atoms with Gasteiger partial charge >= 0.3 is 0 Å². The summed E-state index contributed by atoms with van der Waals surface area (Å²) in [7, 11) is 0. The molecule has 0 spiro atoms. The first-order valence-corrected chi connectivity index (χ1v) is 11.3. The lowest BCUT2D eigenvalue weighted by molar-refractivity contribution is -0.140. The van der Waals surface area contributed by atoms with Gasteiger partial charge in [-0.2, -0.15) is 0 Å². The monoisotopic (exact) mass is 432 g/mol. The van der Waals surface area contributed by atoms with E-state index >= 15 is 0 Å². The summed E-state index contributed by atoms with van der Waals surface area (Å²) in [5.41, 5.74) is 2.16. The lowest BCUT2D eigenvalue weighted by atomic mass is 10.1. The number of aryl methyl sites for hydroxylation is 1. The van der Waals surface area contributed by atoms with E-state index < -0.39 is 6.04 Å². The van der Waals surface area contributed by atoms with Gasteiger partial charge in [-0.1, -0.05) is 48.4 Å². The molecule has 0 fully saturated rings. The minimum absolute atomic E-state index is 0.0290. The maximum atomic E-state index is 13.0. The SMILES string of the molecule is CCCNC(=O)C(C)N(Cc1ccc(Cl)cc1)C(=O)CCSc1ccc(C)cc1. The highest BCUT2D eigenvalue weighted by atomic mass is 35.5. The molecule has 4 nitrogen and oxygen atoms in total. The Hall–Kier alpha value is -1.98. The number of carbonyl (C=O) groups excluding carboxylic acids is 2. The first kappa shape index (κ1) is 23.3. The van der Waals surface area contributed by atoms with Gasteiger partial charge in [0, 0.05) is 35.2 Å². The van der Waals surface area contributed by atoms with Gasteiger partial charge in [-0.25, -0.2) is 0 Å². The van der Waals surface area contributed by atoms with Gasteiger partial charge in [0.2, 0.25) is 11.8 Å². The van der Waals surface area contributed by atoms with Crippen LogP contribution in [0.2, 0.25) is 5.02 Å². The summed E-state index contributed by atoms with van der Waals surface area (Å²) in [6.45, 7) is 6.83. The second kappa shape index (κ2) is 11.9. The number of benzene rings is 2. The zero-order valence-electron chi connectivity index (χ0n) is 17.3. The summed E-state index contributed by atoms with van der Waals surface area (Å²) in [5, 5.41) is 3.54. The topological polar surface area (TPSA) is 49.4 Å². The van der Waals surface area contributed by atoms with Crippen LogP contribution in [0.1, 0.15) is 37.8 Å². The number of amides is 2. The second-order valence-electron chi connectivity index (χ2n) is 7.03. The van der Waals surface area contributed by atoms with E-state index in [9.17, 15) is 9.59 Å². The van der Waals surface area contributed by atoms with Crippen molar-refractivity contribution in [2.45, 2.75) is 51.1 Å². The molecule has 0 aromatic heterocycles. The Balaban J connectivity index is 2.03. The fourth-order valence-electron chi connectivity index (χ4n) is 2.80. The van der Waals surface area contributed by atoms with Crippen LogP contribution >= 0.6 is 23.4 Å². The lowest BCUT2D eigenvalue weighted by Gasteiger charge is -2.29. The van der Waals surface area contributed by atoms with Crippen molar-refractivity contribution in [1.82, 2.24) is 10.2 Å². The molecule has 156 valence electrons. The average Bonchev–Trinajstić information content (AvgIpc) is 2.72. The number of rotatable bonds is 10. The number of hydrogen-bond donors (Lipinski definition) is 1. The van der Waals surface area contributed by atoms with Crippen LogP contribution in [0.15, 0.2) is 53.4 Å². The molecule has 0 aliphatic heterocycles. The van der Waals surface area contributed by atoms with Crippen LogP contribution in [0.4, 0.5) is 0 Å². The third kappa shape index (κ3) is 7.75. The van der Waals surface area contributed by atoms with Crippen molar-refractivity contribution >= 4 is 35.2 Å². The Bertz CT molecular complexity index is 794. The smallest absolute Gasteiger partial charge is 0.242 e. The maximum absolute atomic E-state index is 13.0. The summed E-state index contributed by atoms with van der Waals surface area (Å²) in [4.78, 5) is 28.3. The standard InChI is InChI=1S/C23H29ClN2O2S/c1-4-14-25-23(28)18(3)26(16-19-7-9-20(24)10-8-19)22(27)13-15-29-21-11-5-17(2)6-12-21/h5-12,18H,4,13-16H2,1-3H3,(H,25,28). The maximum Gasteiger partial charge on any atom is 0.242 e. The van der Waals surface area contributed by atoms with Crippen LogP contribution in [0.3, 0.4) is 0 Å². The Labute approximate surface area is 183 Å². The number of hydrogen-bond acceptors (Lipinski definition) is 3. The number of thioether (sulfide) groups is 1. The quantitative estimate of drug-likeness (QED) is 0.533. The van der Waals surface area contributed by atoms with Crippen molar-refractivity contribution in [3.8, 4) is 0 Å². The molecule has 0 heterocycles. The molecule has 29 heavy (non-hydrogen) atoms. The third-order valence-electron chi connectivity index (χ3n) is 4.59. The number of halogens is 1. The molecular formula is C23H29ClN2O2S. The largest absolute Gasteiger partial charge is 0.354 e. The molecule has 2 rings (SSSR count). The minimum atomic E-state index is -0.533. The van der Waals surface area contributed by atoms with Gasteiger partial charge < -0.3 is 10.2 Å². The Morgan fingerprint density at radius 3 is 2.38 bits per heavy atom. The number of carbonyl (C=O) groups is 2. The van der Waals surface area contributed by atoms with Crippen LogP contribution in [0, 0.1) is 6.92 Å². The van der Waals surface area contributed by atoms with E-state index in [1.807, 2.05) is 19.1 Å². The summed E-state index contributed by atoms with van der Waals surface area (Å²) < 4.78 is 0. The van der Waals surface area contributed by atoms with Crippen molar-refractivity contribution in [2.24, 2.45) is 0 Å². The highest BCUT2D eigenvalue weighted by Gasteiger charge is 2.25. The van der Waals surface area contributed by atoms with Crippen molar-refractivity contribution in [1.29, 1.82) is 0 Å². The average molecular weight is 433 g/mol. The molecule has 0 aliphatic carbocycles. The van der Waals surface area contributed by atoms with E-state index in [2.05, 4.69) is 36.5 Å². The Morgan fingerprint density at radius 1 is 1.10 bits per heavy atom. The van der Waals surface area contributed by atoms with Crippen LogP contribution in [0.25, 0.3) is 0 Å². The Kier molecular flexibility index (Phi) is 9.55. The highest BCUT2D eigenvalue weighted by Crippen LogP contribution is 2.20. The van der Waals surface area contributed by atoms with Gasteiger partial charge in [-0.05, 0) is 50.1 Å². The van der Waals surface area contributed by atoms with Gasteiger partial charge in [0.15, 0.2) is 0 Å². The second-order valence-corrected chi connectivity index (χ2v) is 8.63. The summed E-state index contributed by atoms with van der Waals surface area (Å²) in [6, 6.07) is 15.1. The zero-order valence-corrected chi connectivity index (χ0v) is 18.9. The summed E-state index contributed by atoms with van der Waals surface area (Å²) in [6.07, 6.45) is 1.23. The molecule has 1 atom stereocenters. The van der Waals surface area contributed by atoms with E-state index in [4.69, 9.17) is 11.6 Å². The number of nitrogens with zero attached hydrogens (tertiary/aromatic N) is 1. The van der Waals surface area contributed by atoms with E-state index in [0.29, 0.717) is 30.3 Å². The first-order valence-electron chi connectivity index (χ1n) is 9.91. The molecule has 0 aliphatic rings. The van der Waals surface area contributed by atoms with E-state index in [1.54, 1.807) is 35.7 Å². The van der Waals surface area contributed by atoms with Crippen LogP contribution in [0.5, 0.6) is 0 Å². The molecule has 1 unspecified atom stereocenters. The van der Waals surface area contributed by atoms with Crippen LogP contribution < -0.4 is 5.32 Å². The fourth-order valence-corrected chi connectivity index (χ4v) is 3.77. The van der Waals surface area contributed by atoms with E-state index in [-0.39, 0.29) is 11.8 Å². The van der Waals surface area contributed by atoms with Gasteiger partial charge in [-0.3, -0.25) is 9.59 Å². The van der Waals surface area contributed by atoms with Crippen molar-refractivity contribution in [2.75, 3.05) is 12.3 Å². The predicted octanol–water partition coefficient (Wildman–Crippen LogP) is 5.07. The molecule has 2 amide bonds. The molecule has 0 saturated carbocycles. The molecule has 0 saturated heterocycles. The third-order valence-corrected chi connectivity index (χ3v) is 5.85. The van der Waals surface area contributed by atoms with Crippen LogP contribution in [-0.4, -0.2) is 35.1 Å². The van der Waals surface area contributed by atoms with Crippen molar-refractivity contribution in [3.63, 3.8) is 0 Å².